The summed E-state index contributed by atoms with van der Waals surface area (Å²) in [6.45, 7) is 3.35. The van der Waals surface area contributed by atoms with Crippen molar-refractivity contribution in [2.45, 2.75) is 0 Å². The number of halogens is 1. The first-order chi connectivity index (χ1) is 7.74. The van der Waals surface area contributed by atoms with Gasteiger partial charge in [-0.15, -0.1) is 0 Å². The molecule has 1 aromatic heterocycles. The highest BCUT2D eigenvalue weighted by Gasteiger charge is 2.14. The van der Waals surface area contributed by atoms with Crippen LogP contribution in [0, 0.1) is 0 Å². The van der Waals surface area contributed by atoms with E-state index in [1.807, 2.05) is 4.90 Å². The predicted octanol–water partition coefficient (Wildman–Crippen LogP) is 1.07. The number of hydrogen-bond donors (Lipinski definition) is 1. The molecular weight excluding hydrogens is 250 g/mol. The number of rotatable bonds is 3. The first-order valence-corrected chi connectivity index (χ1v) is 6.15. The summed E-state index contributed by atoms with van der Waals surface area (Å²) in [5.74, 6) is -0.0621. The van der Waals surface area contributed by atoms with Gasteiger partial charge in [0.05, 0.1) is 26.0 Å². The molecule has 1 N–H and O–H groups in total. The molecule has 16 heavy (non-hydrogen) atoms. The van der Waals surface area contributed by atoms with Crippen molar-refractivity contribution in [3.8, 4) is 0 Å². The van der Waals surface area contributed by atoms with Crippen molar-refractivity contribution in [1.29, 1.82) is 0 Å². The molecule has 0 saturated carbocycles. The van der Waals surface area contributed by atoms with Crippen molar-refractivity contribution in [3.63, 3.8) is 0 Å². The molecule has 1 saturated heterocycles. The Labute approximate surface area is 102 Å². The molecule has 1 aliphatic rings. The number of aromatic nitrogens is 1. The fraction of sp³-hybridized carbons (Fsp3) is 0.556. The molecule has 0 unspecified atom stereocenters. The van der Waals surface area contributed by atoms with Crippen LogP contribution in [0.4, 0.5) is 5.13 Å². The fourth-order valence-corrected chi connectivity index (χ4v) is 2.26. The molecule has 0 aromatic carbocycles. The number of ether oxygens (including phenoxy) is 1. The minimum atomic E-state index is -0.0621. The van der Waals surface area contributed by atoms with Gasteiger partial charge in [0, 0.05) is 13.1 Å². The van der Waals surface area contributed by atoms with E-state index in [2.05, 4.69) is 10.3 Å². The molecule has 1 fully saturated rings. The first-order valence-electron chi connectivity index (χ1n) is 4.95. The third kappa shape index (κ3) is 3.41. The summed E-state index contributed by atoms with van der Waals surface area (Å²) in [5, 5.41) is 3.26. The van der Waals surface area contributed by atoms with Crippen molar-refractivity contribution in [2.75, 3.05) is 38.2 Å². The lowest BCUT2D eigenvalue weighted by Crippen LogP contribution is -2.41. The molecule has 7 heteroatoms. The van der Waals surface area contributed by atoms with Gasteiger partial charge in [-0.2, -0.15) is 0 Å². The molecule has 1 aliphatic heterocycles. The Hall–Kier alpha value is -0.690. The van der Waals surface area contributed by atoms with Crippen LogP contribution in [0.5, 0.6) is 0 Å². The van der Waals surface area contributed by atoms with E-state index >= 15 is 0 Å². The number of anilines is 1. The minimum Gasteiger partial charge on any atom is -0.379 e. The van der Waals surface area contributed by atoms with Crippen molar-refractivity contribution in [2.24, 2.45) is 0 Å². The highest BCUT2D eigenvalue weighted by Crippen LogP contribution is 2.22. The second-order valence-electron chi connectivity index (χ2n) is 3.41. The molecule has 1 amide bonds. The van der Waals surface area contributed by atoms with E-state index in [1.54, 1.807) is 0 Å². The topological polar surface area (TPSA) is 54.5 Å². The minimum absolute atomic E-state index is 0.0621. The van der Waals surface area contributed by atoms with Crippen molar-refractivity contribution < 1.29 is 9.53 Å². The van der Waals surface area contributed by atoms with Crippen LogP contribution < -0.4 is 5.32 Å². The average Bonchev–Trinajstić information content (AvgIpc) is 2.65. The lowest BCUT2D eigenvalue weighted by Gasteiger charge is -2.25. The summed E-state index contributed by atoms with van der Waals surface area (Å²) in [7, 11) is 0. The lowest BCUT2D eigenvalue weighted by atomic mass is 10.4. The molecule has 2 heterocycles. The molecule has 5 nitrogen and oxygen atoms in total. The Balaban J connectivity index is 1.79. The van der Waals surface area contributed by atoms with Gasteiger partial charge in [-0.25, -0.2) is 4.98 Å². The number of amides is 1. The number of thiazole rings is 1. The van der Waals surface area contributed by atoms with Crippen LogP contribution in [0.25, 0.3) is 0 Å². The molecule has 0 bridgehead atoms. The van der Waals surface area contributed by atoms with Gasteiger partial charge in [0.15, 0.2) is 5.13 Å². The van der Waals surface area contributed by atoms with Crippen LogP contribution in [-0.2, 0) is 9.53 Å². The first kappa shape index (κ1) is 11.8. The third-order valence-electron chi connectivity index (χ3n) is 2.19. The molecule has 0 spiro atoms. The number of morpholine rings is 1. The van der Waals surface area contributed by atoms with E-state index in [1.165, 1.54) is 17.5 Å². The van der Waals surface area contributed by atoms with Crippen LogP contribution in [0.1, 0.15) is 0 Å². The van der Waals surface area contributed by atoms with E-state index in [9.17, 15) is 4.79 Å². The molecule has 88 valence electrons. The van der Waals surface area contributed by atoms with E-state index in [0.717, 1.165) is 13.1 Å². The van der Waals surface area contributed by atoms with Crippen molar-refractivity contribution in [3.05, 3.63) is 10.5 Å². The van der Waals surface area contributed by atoms with Crippen LogP contribution in [0.2, 0.25) is 4.34 Å². The number of carbonyl (C=O) groups is 1. The number of hydrogen-bond acceptors (Lipinski definition) is 5. The third-order valence-corrected chi connectivity index (χ3v) is 3.23. The molecular formula is C9H12ClN3O2S. The standard InChI is InChI=1S/C9H12ClN3O2S/c10-7-5-11-9(16-7)12-8(14)6-13-1-3-15-4-2-13/h5H,1-4,6H2,(H,11,12,14). The number of nitrogens with one attached hydrogen (secondary N) is 1. The quantitative estimate of drug-likeness (QED) is 0.884. The van der Waals surface area contributed by atoms with Gasteiger partial charge in [-0.1, -0.05) is 22.9 Å². The summed E-state index contributed by atoms with van der Waals surface area (Å²) < 4.78 is 5.77. The van der Waals surface area contributed by atoms with Gasteiger partial charge >= 0.3 is 0 Å². The van der Waals surface area contributed by atoms with Gasteiger partial charge in [0.25, 0.3) is 0 Å². The SMILES string of the molecule is O=C(CN1CCOCC1)Nc1ncc(Cl)s1. The maximum atomic E-state index is 11.6. The van der Waals surface area contributed by atoms with E-state index in [4.69, 9.17) is 16.3 Å². The summed E-state index contributed by atoms with van der Waals surface area (Å²) in [5.41, 5.74) is 0. The smallest absolute Gasteiger partial charge is 0.240 e. The molecule has 1 aromatic rings. The van der Waals surface area contributed by atoms with Gasteiger partial charge < -0.3 is 10.1 Å². The highest BCUT2D eigenvalue weighted by atomic mass is 35.5. The predicted molar refractivity (Wildman–Crippen MR) is 63.0 cm³/mol. The van der Waals surface area contributed by atoms with Gasteiger partial charge in [-0.3, -0.25) is 9.69 Å². The Morgan fingerprint density at radius 2 is 2.38 bits per heavy atom. The zero-order valence-electron chi connectivity index (χ0n) is 8.61. The van der Waals surface area contributed by atoms with Crippen LogP contribution in [0.15, 0.2) is 6.20 Å². The largest absolute Gasteiger partial charge is 0.379 e. The second-order valence-corrected chi connectivity index (χ2v) is 5.07. The van der Waals surface area contributed by atoms with Gasteiger partial charge in [0.2, 0.25) is 5.91 Å². The number of carbonyl (C=O) groups excluding carboxylic acids is 1. The van der Waals surface area contributed by atoms with Crippen LogP contribution in [-0.4, -0.2) is 48.6 Å². The van der Waals surface area contributed by atoms with E-state index < -0.39 is 0 Å². The van der Waals surface area contributed by atoms with E-state index in [-0.39, 0.29) is 5.91 Å². The van der Waals surface area contributed by atoms with Crippen molar-refractivity contribution >= 4 is 34.0 Å². The zero-order chi connectivity index (χ0) is 11.4. The van der Waals surface area contributed by atoms with Gasteiger partial charge in [-0.05, 0) is 0 Å². The molecule has 0 radical (unpaired) electrons. The lowest BCUT2D eigenvalue weighted by molar-refractivity contribution is -0.118. The molecule has 2 rings (SSSR count). The monoisotopic (exact) mass is 261 g/mol. The van der Waals surface area contributed by atoms with Gasteiger partial charge in [0.1, 0.15) is 4.34 Å². The normalized spacial score (nSPS) is 17.3. The molecule has 0 atom stereocenters. The fourth-order valence-electron chi connectivity index (χ4n) is 1.43. The second kappa shape index (κ2) is 5.58. The Bertz CT molecular complexity index is 365. The maximum absolute atomic E-state index is 11.6. The summed E-state index contributed by atoms with van der Waals surface area (Å²) in [6.07, 6.45) is 1.52. The van der Waals surface area contributed by atoms with E-state index in [0.29, 0.717) is 29.2 Å². The van der Waals surface area contributed by atoms with Crippen molar-refractivity contribution in [1.82, 2.24) is 9.88 Å². The zero-order valence-corrected chi connectivity index (χ0v) is 10.2. The van der Waals surface area contributed by atoms with Crippen LogP contribution >= 0.6 is 22.9 Å². The average molecular weight is 262 g/mol. The number of nitrogens with zero attached hydrogens (tertiary/aromatic N) is 2. The Morgan fingerprint density at radius 3 is 3.00 bits per heavy atom. The summed E-state index contributed by atoms with van der Waals surface area (Å²) in [6, 6.07) is 0. The maximum Gasteiger partial charge on any atom is 0.240 e. The highest BCUT2D eigenvalue weighted by molar-refractivity contribution is 7.19. The van der Waals surface area contributed by atoms with Crippen LogP contribution in [0.3, 0.4) is 0 Å². The summed E-state index contributed by atoms with van der Waals surface area (Å²) >= 11 is 6.97. The molecule has 0 aliphatic carbocycles. The summed E-state index contributed by atoms with van der Waals surface area (Å²) in [4.78, 5) is 17.6. The Morgan fingerprint density at radius 1 is 1.62 bits per heavy atom. The Kier molecular flexibility index (Phi) is 4.11.